The second-order valence-corrected chi connectivity index (χ2v) is 4.38. The fourth-order valence-electron chi connectivity index (χ4n) is 1.88. The molecule has 0 bridgehead atoms. The van der Waals surface area contributed by atoms with Crippen LogP contribution >= 0.6 is 11.6 Å². The van der Waals surface area contributed by atoms with Crippen LogP contribution in [-0.4, -0.2) is 16.6 Å². The molecule has 0 aliphatic carbocycles. The third kappa shape index (κ3) is 1.97. The number of ether oxygens (including phenoxy) is 1. The van der Waals surface area contributed by atoms with Gasteiger partial charge in [0.25, 0.3) is 0 Å². The summed E-state index contributed by atoms with van der Waals surface area (Å²) in [5.41, 5.74) is 3.31. The van der Waals surface area contributed by atoms with Crippen LogP contribution in [0.5, 0.6) is 5.75 Å². The Bertz CT molecular complexity index is 727. The first-order valence-electron chi connectivity index (χ1n) is 5.76. The van der Waals surface area contributed by atoms with Gasteiger partial charge in [-0.1, -0.05) is 11.6 Å². The van der Waals surface area contributed by atoms with Crippen LogP contribution in [0.4, 0.5) is 0 Å². The van der Waals surface area contributed by atoms with Crippen molar-refractivity contribution in [3.63, 3.8) is 0 Å². The molecule has 0 atom stereocenters. The minimum Gasteiger partial charge on any atom is -0.494 e. The molecule has 3 nitrogen and oxygen atoms in total. The van der Waals surface area contributed by atoms with E-state index in [-0.39, 0.29) is 0 Å². The quantitative estimate of drug-likeness (QED) is 0.655. The summed E-state index contributed by atoms with van der Waals surface area (Å²) in [5, 5.41) is 0.664. The highest BCUT2D eigenvalue weighted by Crippen LogP contribution is 2.22. The van der Waals surface area contributed by atoms with Gasteiger partial charge in [0, 0.05) is 11.1 Å². The highest BCUT2D eigenvalue weighted by molar-refractivity contribution is 6.31. The molecule has 0 N–H and O–H groups in total. The Balaban J connectivity index is 2.25. The zero-order valence-corrected chi connectivity index (χ0v) is 10.6. The zero-order chi connectivity index (χ0) is 12.5. The van der Waals surface area contributed by atoms with Gasteiger partial charge in [-0.3, -0.25) is 0 Å². The molecule has 0 amide bonds. The van der Waals surface area contributed by atoms with E-state index in [9.17, 15) is 0 Å². The fourth-order valence-corrected chi connectivity index (χ4v) is 2.05. The van der Waals surface area contributed by atoms with Gasteiger partial charge >= 0.3 is 0 Å². The third-order valence-electron chi connectivity index (χ3n) is 2.68. The van der Waals surface area contributed by atoms with E-state index in [4.69, 9.17) is 16.3 Å². The molecule has 0 spiro atoms. The Labute approximate surface area is 109 Å². The maximum atomic E-state index is 5.96. The monoisotopic (exact) mass is 258 g/mol. The van der Waals surface area contributed by atoms with Gasteiger partial charge in [0.15, 0.2) is 0 Å². The van der Waals surface area contributed by atoms with E-state index in [0.29, 0.717) is 11.6 Å². The van der Waals surface area contributed by atoms with Crippen LogP contribution in [0.1, 0.15) is 6.92 Å². The van der Waals surface area contributed by atoms with Crippen LogP contribution in [0.3, 0.4) is 0 Å². The SMILES string of the molecule is CCOc1ccc2nc3ccc(Cl)cc3nc2c1. The van der Waals surface area contributed by atoms with E-state index < -0.39 is 0 Å². The van der Waals surface area contributed by atoms with Crippen molar-refractivity contribution in [1.29, 1.82) is 0 Å². The summed E-state index contributed by atoms with van der Waals surface area (Å²) in [6.07, 6.45) is 0. The molecular weight excluding hydrogens is 248 g/mol. The average molecular weight is 259 g/mol. The molecule has 90 valence electrons. The van der Waals surface area contributed by atoms with E-state index in [0.717, 1.165) is 27.8 Å². The van der Waals surface area contributed by atoms with Gasteiger partial charge in [-0.25, -0.2) is 9.97 Å². The number of fused-ring (bicyclic) bond motifs is 2. The van der Waals surface area contributed by atoms with Crippen LogP contribution in [-0.2, 0) is 0 Å². The van der Waals surface area contributed by atoms with Crippen LogP contribution < -0.4 is 4.74 Å². The molecular formula is C14H11ClN2O. The maximum absolute atomic E-state index is 5.96. The van der Waals surface area contributed by atoms with Crippen molar-refractivity contribution in [2.45, 2.75) is 6.92 Å². The Morgan fingerprint density at radius 2 is 1.61 bits per heavy atom. The number of rotatable bonds is 2. The average Bonchev–Trinajstić information content (AvgIpc) is 2.36. The van der Waals surface area contributed by atoms with Gasteiger partial charge in [-0.05, 0) is 37.3 Å². The van der Waals surface area contributed by atoms with Gasteiger partial charge in [-0.15, -0.1) is 0 Å². The Hall–Kier alpha value is -1.87. The van der Waals surface area contributed by atoms with E-state index in [1.807, 2.05) is 43.3 Å². The molecule has 0 aliphatic rings. The highest BCUT2D eigenvalue weighted by atomic mass is 35.5. The van der Waals surface area contributed by atoms with Gasteiger partial charge < -0.3 is 4.74 Å². The summed E-state index contributed by atoms with van der Waals surface area (Å²) >= 11 is 5.96. The molecule has 2 aromatic carbocycles. The first-order valence-corrected chi connectivity index (χ1v) is 6.14. The van der Waals surface area contributed by atoms with Crippen LogP contribution in [0.25, 0.3) is 22.1 Å². The molecule has 0 radical (unpaired) electrons. The number of hydrogen-bond acceptors (Lipinski definition) is 3. The van der Waals surface area contributed by atoms with Crippen molar-refractivity contribution in [1.82, 2.24) is 9.97 Å². The normalized spacial score (nSPS) is 11.0. The smallest absolute Gasteiger partial charge is 0.121 e. The largest absolute Gasteiger partial charge is 0.494 e. The highest BCUT2D eigenvalue weighted by Gasteiger charge is 2.03. The second kappa shape index (κ2) is 4.42. The molecule has 0 saturated heterocycles. The molecule has 0 aliphatic heterocycles. The number of hydrogen-bond donors (Lipinski definition) is 0. The lowest BCUT2D eigenvalue weighted by Gasteiger charge is -2.05. The maximum Gasteiger partial charge on any atom is 0.121 e. The summed E-state index contributed by atoms with van der Waals surface area (Å²) in [4.78, 5) is 9.10. The molecule has 18 heavy (non-hydrogen) atoms. The molecule has 1 heterocycles. The Kier molecular flexibility index (Phi) is 2.76. The van der Waals surface area contributed by atoms with Crippen molar-refractivity contribution in [3.8, 4) is 5.75 Å². The van der Waals surface area contributed by atoms with E-state index in [2.05, 4.69) is 9.97 Å². The van der Waals surface area contributed by atoms with Gasteiger partial charge in [0.1, 0.15) is 5.75 Å². The van der Waals surface area contributed by atoms with Gasteiger partial charge in [0.05, 0.1) is 28.7 Å². The Morgan fingerprint density at radius 1 is 0.944 bits per heavy atom. The minimum absolute atomic E-state index is 0.637. The topological polar surface area (TPSA) is 35.0 Å². The number of halogens is 1. The molecule has 4 heteroatoms. The summed E-state index contributed by atoms with van der Waals surface area (Å²) in [5.74, 6) is 0.806. The molecule has 3 rings (SSSR count). The zero-order valence-electron chi connectivity index (χ0n) is 9.85. The van der Waals surface area contributed by atoms with Crippen molar-refractivity contribution in [3.05, 3.63) is 41.4 Å². The van der Waals surface area contributed by atoms with Crippen molar-refractivity contribution < 1.29 is 4.74 Å². The van der Waals surface area contributed by atoms with Crippen LogP contribution in [0.15, 0.2) is 36.4 Å². The van der Waals surface area contributed by atoms with E-state index in [1.54, 1.807) is 0 Å². The third-order valence-corrected chi connectivity index (χ3v) is 2.91. The molecule has 0 unspecified atom stereocenters. The molecule has 0 saturated carbocycles. The molecule has 0 fully saturated rings. The Morgan fingerprint density at radius 3 is 2.39 bits per heavy atom. The first kappa shape index (κ1) is 11.2. The van der Waals surface area contributed by atoms with Crippen LogP contribution in [0.2, 0.25) is 5.02 Å². The van der Waals surface area contributed by atoms with E-state index in [1.165, 1.54) is 0 Å². The summed E-state index contributed by atoms with van der Waals surface area (Å²) in [6.45, 7) is 2.59. The van der Waals surface area contributed by atoms with Crippen LogP contribution in [0, 0.1) is 0 Å². The van der Waals surface area contributed by atoms with E-state index >= 15 is 0 Å². The van der Waals surface area contributed by atoms with Crippen molar-refractivity contribution >= 4 is 33.7 Å². The lowest BCUT2D eigenvalue weighted by molar-refractivity contribution is 0.340. The summed E-state index contributed by atoms with van der Waals surface area (Å²) < 4.78 is 5.46. The molecule has 1 aromatic heterocycles. The first-order chi connectivity index (χ1) is 8.76. The number of benzene rings is 2. The molecule has 3 aromatic rings. The van der Waals surface area contributed by atoms with Crippen molar-refractivity contribution in [2.24, 2.45) is 0 Å². The summed E-state index contributed by atoms with van der Waals surface area (Å²) in [6, 6.07) is 11.2. The standard InChI is InChI=1S/C14H11ClN2O/c1-2-18-10-4-6-12-14(8-10)17-13-7-9(15)3-5-11(13)16-12/h3-8H,2H2,1H3. The second-order valence-electron chi connectivity index (χ2n) is 3.94. The van der Waals surface area contributed by atoms with Gasteiger partial charge in [0.2, 0.25) is 0 Å². The number of nitrogens with zero attached hydrogens (tertiary/aromatic N) is 2. The fraction of sp³-hybridized carbons (Fsp3) is 0.143. The lowest BCUT2D eigenvalue weighted by atomic mass is 10.2. The van der Waals surface area contributed by atoms with Crippen molar-refractivity contribution in [2.75, 3.05) is 6.61 Å². The lowest BCUT2D eigenvalue weighted by Crippen LogP contribution is -1.93. The summed E-state index contributed by atoms with van der Waals surface area (Å²) in [7, 11) is 0. The number of aromatic nitrogens is 2. The predicted octanol–water partition coefficient (Wildman–Crippen LogP) is 3.84. The predicted molar refractivity (Wildman–Crippen MR) is 73.2 cm³/mol. The minimum atomic E-state index is 0.637. The van der Waals surface area contributed by atoms with Gasteiger partial charge in [-0.2, -0.15) is 0 Å².